The van der Waals surface area contributed by atoms with Crippen LogP contribution in [0.5, 0.6) is 0 Å². The molecule has 40 heavy (non-hydrogen) atoms. The van der Waals surface area contributed by atoms with Gasteiger partial charge in [0.05, 0.1) is 12.2 Å². The normalized spacial score (nSPS) is 23.4. The van der Waals surface area contributed by atoms with Gasteiger partial charge in [-0.25, -0.2) is 18.2 Å². The highest BCUT2D eigenvalue weighted by Gasteiger charge is 2.39. The van der Waals surface area contributed by atoms with Crippen LogP contribution in [0.2, 0.25) is 0 Å². The molecule has 1 aromatic carbocycles. The van der Waals surface area contributed by atoms with E-state index in [0.29, 0.717) is 48.0 Å². The second-order valence-electron chi connectivity index (χ2n) is 10.3. The Labute approximate surface area is 230 Å². The molecule has 14 heteroatoms. The van der Waals surface area contributed by atoms with Gasteiger partial charge in [0.2, 0.25) is 0 Å². The molecule has 0 spiro atoms. The molecule has 0 saturated carbocycles. The maximum Gasteiger partial charge on any atom is 0.427 e. The molecule has 3 aliphatic heterocycles. The molecule has 4 N–H and O–H groups in total. The van der Waals surface area contributed by atoms with Crippen LogP contribution >= 0.6 is 0 Å². The number of aromatic nitrogens is 2. The van der Waals surface area contributed by atoms with Gasteiger partial charge in [-0.1, -0.05) is 5.92 Å². The Morgan fingerprint density at radius 2 is 2.10 bits per heavy atom. The lowest BCUT2D eigenvalue weighted by Crippen LogP contribution is -2.57. The molecule has 6 rings (SSSR count). The van der Waals surface area contributed by atoms with E-state index in [4.69, 9.17) is 15.7 Å². The molecule has 2 aromatic heterocycles. The van der Waals surface area contributed by atoms with Crippen LogP contribution in [-0.2, 0) is 27.8 Å². The number of fused-ring (bicyclic) bond motifs is 2. The SMILES string of the molecule is C#Cc1ccc2[nH]c(S(=O)(=O)N3CCN(C(=O)c4nc5c(o4)CNC(C)C5)C(CCC4NOC(=O)N4)C3)cc2c1. The van der Waals surface area contributed by atoms with Crippen LogP contribution in [-0.4, -0.2) is 77.5 Å². The molecule has 0 aliphatic carbocycles. The maximum atomic E-state index is 13.7. The molecule has 0 bridgehead atoms. The molecule has 3 unspecified atom stereocenters. The standard InChI is InChI=1S/C26H29N7O6S/c1-3-16-4-6-19-17(11-16)12-23(28-19)40(36,37)32-8-9-33(18(14-32)5-7-22-30-26(35)39-31-22)25(34)24-29-20-10-15(2)27-13-21(20)38-24/h1,4,6,11-12,15,18,22,27-28,31H,5,7-10,13-14H2,2H3,(H,30,35). The van der Waals surface area contributed by atoms with Crippen LogP contribution in [0, 0.1) is 12.3 Å². The summed E-state index contributed by atoms with van der Waals surface area (Å²) in [7, 11) is -3.91. The lowest BCUT2D eigenvalue weighted by Gasteiger charge is -2.40. The lowest BCUT2D eigenvalue weighted by atomic mass is 10.1. The van der Waals surface area contributed by atoms with Crippen LogP contribution in [0.4, 0.5) is 4.79 Å². The molecular weight excluding hydrogens is 538 g/mol. The minimum Gasteiger partial charge on any atom is -0.436 e. The number of piperazine rings is 1. The minimum atomic E-state index is -3.91. The predicted molar refractivity (Wildman–Crippen MR) is 142 cm³/mol. The van der Waals surface area contributed by atoms with E-state index in [-0.39, 0.29) is 36.6 Å². The molecule has 210 valence electrons. The summed E-state index contributed by atoms with van der Waals surface area (Å²) in [6.45, 7) is 2.82. The molecule has 2 saturated heterocycles. The first-order valence-electron chi connectivity index (χ1n) is 13.1. The zero-order chi connectivity index (χ0) is 28.0. The number of sulfonamides is 1. The van der Waals surface area contributed by atoms with Gasteiger partial charge in [-0.3, -0.25) is 4.79 Å². The molecule has 3 aliphatic rings. The van der Waals surface area contributed by atoms with E-state index in [0.717, 1.165) is 5.69 Å². The third-order valence-electron chi connectivity index (χ3n) is 7.53. The molecule has 2 fully saturated rings. The number of hydroxylamine groups is 1. The number of carbonyl (C=O) groups is 2. The molecule has 5 heterocycles. The van der Waals surface area contributed by atoms with E-state index >= 15 is 0 Å². The number of rotatable bonds is 6. The van der Waals surface area contributed by atoms with Crippen molar-refractivity contribution in [1.82, 2.24) is 35.3 Å². The summed E-state index contributed by atoms with van der Waals surface area (Å²) in [6.07, 6.45) is 5.88. The van der Waals surface area contributed by atoms with Crippen molar-refractivity contribution in [2.75, 3.05) is 19.6 Å². The van der Waals surface area contributed by atoms with Gasteiger partial charge in [0, 0.05) is 54.6 Å². The topological polar surface area (TPSA) is 162 Å². The summed E-state index contributed by atoms with van der Waals surface area (Å²) < 4.78 is 34.6. The van der Waals surface area contributed by atoms with E-state index in [9.17, 15) is 18.0 Å². The summed E-state index contributed by atoms with van der Waals surface area (Å²) in [5.41, 5.74) is 4.66. The highest BCUT2D eigenvalue weighted by molar-refractivity contribution is 7.89. The Balaban J connectivity index is 1.24. The molecule has 2 amide bonds. The number of hydrogen-bond acceptors (Lipinski definition) is 9. The Morgan fingerprint density at radius 1 is 1.25 bits per heavy atom. The number of nitrogens with zero attached hydrogens (tertiary/aromatic N) is 3. The van der Waals surface area contributed by atoms with E-state index in [1.165, 1.54) is 4.31 Å². The lowest BCUT2D eigenvalue weighted by molar-refractivity contribution is 0.0494. The summed E-state index contributed by atoms with van der Waals surface area (Å²) in [5.74, 6) is 2.80. The minimum absolute atomic E-state index is 0.00207. The first-order chi connectivity index (χ1) is 19.2. The highest BCUT2D eigenvalue weighted by atomic mass is 32.2. The molecule has 0 radical (unpaired) electrons. The van der Waals surface area contributed by atoms with Gasteiger partial charge >= 0.3 is 12.0 Å². The Hall–Kier alpha value is -3.90. The number of carbonyl (C=O) groups excluding carboxylic acids is 2. The fourth-order valence-electron chi connectivity index (χ4n) is 5.37. The van der Waals surface area contributed by atoms with Gasteiger partial charge in [-0.05, 0) is 44.0 Å². The van der Waals surface area contributed by atoms with Crippen LogP contribution in [0.1, 0.15) is 47.5 Å². The van der Waals surface area contributed by atoms with Crippen LogP contribution in [0.15, 0.2) is 33.7 Å². The monoisotopic (exact) mass is 567 g/mol. The predicted octanol–water partition coefficient (Wildman–Crippen LogP) is 1.04. The number of amides is 2. The fourth-order valence-corrected chi connectivity index (χ4v) is 6.86. The van der Waals surface area contributed by atoms with Gasteiger partial charge in [0.25, 0.3) is 15.9 Å². The number of hydrogen-bond donors (Lipinski definition) is 4. The van der Waals surface area contributed by atoms with Gasteiger partial charge in [0.15, 0.2) is 0 Å². The van der Waals surface area contributed by atoms with E-state index in [1.54, 1.807) is 29.2 Å². The maximum absolute atomic E-state index is 13.7. The van der Waals surface area contributed by atoms with Crippen molar-refractivity contribution in [3.8, 4) is 12.3 Å². The number of nitrogens with one attached hydrogen (secondary N) is 4. The molecule has 13 nitrogen and oxygen atoms in total. The summed E-state index contributed by atoms with van der Waals surface area (Å²) in [4.78, 5) is 38.9. The summed E-state index contributed by atoms with van der Waals surface area (Å²) in [5, 5.41) is 6.67. The van der Waals surface area contributed by atoms with Crippen molar-refractivity contribution in [3.05, 3.63) is 47.2 Å². The highest BCUT2D eigenvalue weighted by Crippen LogP contribution is 2.27. The smallest absolute Gasteiger partial charge is 0.427 e. The van der Waals surface area contributed by atoms with Crippen molar-refractivity contribution in [1.29, 1.82) is 0 Å². The van der Waals surface area contributed by atoms with Crippen LogP contribution in [0.25, 0.3) is 10.9 Å². The second kappa shape index (κ2) is 10.3. The van der Waals surface area contributed by atoms with E-state index in [1.807, 2.05) is 6.92 Å². The number of oxazole rings is 1. The largest absolute Gasteiger partial charge is 0.436 e. The molecule has 3 atom stereocenters. The first-order valence-corrected chi connectivity index (χ1v) is 14.5. The van der Waals surface area contributed by atoms with Crippen LogP contribution in [0.3, 0.4) is 0 Å². The van der Waals surface area contributed by atoms with Crippen molar-refractivity contribution < 1.29 is 27.3 Å². The Bertz CT molecular complexity index is 1620. The fraction of sp³-hybridized carbons (Fsp3) is 0.423. The van der Waals surface area contributed by atoms with Crippen molar-refractivity contribution in [3.63, 3.8) is 0 Å². The van der Waals surface area contributed by atoms with Crippen molar-refractivity contribution in [2.24, 2.45) is 0 Å². The second-order valence-corrected chi connectivity index (χ2v) is 12.2. The van der Waals surface area contributed by atoms with E-state index < -0.39 is 34.2 Å². The van der Waals surface area contributed by atoms with Gasteiger partial charge in [-0.2, -0.15) is 4.31 Å². The van der Waals surface area contributed by atoms with E-state index in [2.05, 4.69) is 32.0 Å². The number of H-pyrrole nitrogens is 1. The third kappa shape index (κ3) is 4.92. The van der Waals surface area contributed by atoms with Gasteiger partial charge < -0.3 is 29.8 Å². The number of benzene rings is 1. The quantitative estimate of drug-likeness (QED) is 0.319. The third-order valence-corrected chi connectivity index (χ3v) is 9.32. The van der Waals surface area contributed by atoms with Gasteiger partial charge in [0.1, 0.15) is 17.0 Å². The van der Waals surface area contributed by atoms with Gasteiger partial charge in [-0.15, -0.1) is 11.9 Å². The van der Waals surface area contributed by atoms with Crippen LogP contribution < -0.4 is 16.1 Å². The molecule has 3 aromatic rings. The Morgan fingerprint density at radius 3 is 2.88 bits per heavy atom. The number of aromatic amines is 1. The molecular formula is C26H29N7O6S. The zero-order valence-electron chi connectivity index (χ0n) is 21.8. The average Bonchev–Trinajstić information content (AvgIpc) is 3.68. The summed E-state index contributed by atoms with van der Waals surface area (Å²) >= 11 is 0. The average molecular weight is 568 g/mol. The summed E-state index contributed by atoms with van der Waals surface area (Å²) in [6, 6.07) is 6.53. The Kier molecular flexibility index (Phi) is 6.75. The van der Waals surface area contributed by atoms with Crippen molar-refractivity contribution in [2.45, 2.75) is 56.0 Å². The number of terminal acetylenes is 1. The first kappa shape index (κ1) is 26.3. The zero-order valence-corrected chi connectivity index (χ0v) is 22.6. The van der Waals surface area contributed by atoms with Crippen molar-refractivity contribution >= 4 is 32.9 Å².